The van der Waals surface area contributed by atoms with Crippen molar-refractivity contribution in [2.45, 2.75) is 13.3 Å². The fourth-order valence-electron chi connectivity index (χ4n) is 2.04. The van der Waals surface area contributed by atoms with Crippen molar-refractivity contribution in [2.24, 2.45) is 0 Å². The molecule has 0 N–H and O–H groups in total. The zero-order valence-electron chi connectivity index (χ0n) is 9.96. The van der Waals surface area contributed by atoms with Crippen LogP contribution in [0.2, 0.25) is 0 Å². The first kappa shape index (κ1) is 11.4. The Bertz CT molecular complexity index is 743. The molecule has 0 aliphatic rings. The van der Waals surface area contributed by atoms with Gasteiger partial charge in [-0.15, -0.1) is 0 Å². The minimum atomic E-state index is 0.0946. The van der Waals surface area contributed by atoms with Crippen molar-refractivity contribution in [2.75, 3.05) is 0 Å². The summed E-state index contributed by atoms with van der Waals surface area (Å²) in [6.45, 7) is 2.04. The number of hydrogen-bond acceptors (Lipinski definition) is 2. The number of benzene rings is 1. The van der Waals surface area contributed by atoms with Crippen LogP contribution in [0.5, 0.6) is 0 Å². The van der Waals surface area contributed by atoms with Crippen LogP contribution in [0.25, 0.3) is 15.5 Å². The molecule has 0 atom stereocenters. The Hall–Kier alpha value is -1.64. The van der Waals surface area contributed by atoms with E-state index in [2.05, 4.69) is 5.10 Å². The molecule has 1 aromatic carbocycles. The van der Waals surface area contributed by atoms with Crippen molar-refractivity contribution >= 4 is 24.3 Å². The van der Waals surface area contributed by atoms with Crippen molar-refractivity contribution < 1.29 is 0 Å². The van der Waals surface area contributed by atoms with Gasteiger partial charge in [-0.2, -0.15) is 0 Å². The van der Waals surface area contributed by atoms with Crippen molar-refractivity contribution in [1.82, 2.24) is 9.78 Å². The van der Waals surface area contributed by atoms with Crippen LogP contribution in [-0.2, 0) is 6.42 Å². The Labute approximate surface area is 110 Å². The quantitative estimate of drug-likeness (QED) is 0.679. The van der Waals surface area contributed by atoms with Gasteiger partial charge in [0.1, 0.15) is 0 Å². The van der Waals surface area contributed by atoms with Gasteiger partial charge in [-0.25, -0.2) is 0 Å². The van der Waals surface area contributed by atoms with Crippen molar-refractivity contribution in [3.8, 4) is 5.69 Å². The summed E-state index contributed by atoms with van der Waals surface area (Å²) < 4.78 is 2.99. The van der Waals surface area contributed by atoms with Gasteiger partial charge in [0, 0.05) is 0 Å². The topological polar surface area (TPSA) is 34.9 Å². The second kappa shape index (κ2) is 4.56. The van der Waals surface area contributed by atoms with E-state index in [1.54, 1.807) is 6.07 Å². The summed E-state index contributed by atoms with van der Waals surface area (Å²) in [5, 5.41) is 5.43. The minimum absolute atomic E-state index is 0.0946. The molecule has 2 aromatic heterocycles. The Balaban J connectivity index is 2.38. The molecule has 0 saturated carbocycles. The van der Waals surface area contributed by atoms with E-state index in [0.717, 1.165) is 27.6 Å². The maximum absolute atomic E-state index is 12.0. The van der Waals surface area contributed by atoms with Crippen molar-refractivity contribution in [3.63, 3.8) is 0 Å². The van der Waals surface area contributed by atoms with Crippen LogP contribution in [0.15, 0.2) is 46.1 Å². The van der Waals surface area contributed by atoms with Gasteiger partial charge in [0.05, 0.1) is 0 Å². The molecule has 18 heavy (non-hydrogen) atoms. The van der Waals surface area contributed by atoms with Gasteiger partial charge >= 0.3 is 110 Å². The molecular weight excluding hydrogens is 291 g/mol. The number of hydrogen-bond donors (Lipinski definition) is 0. The SMILES string of the molecule is CCc1nn(-c2ccccc2)c2[se]ccc(=O)c12. The predicted molar refractivity (Wildman–Crippen MR) is 73.7 cm³/mol. The zero-order valence-corrected chi connectivity index (χ0v) is 11.7. The first-order chi connectivity index (χ1) is 8.81. The summed E-state index contributed by atoms with van der Waals surface area (Å²) in [5.41, 5.74) is 2.03. The summed E-state index contributed by atoms with van der Waals surface area (Å²) >= 11 is 0.180. The van der Waals surface area contributed by atoms with Gasteiger partial charge in [-0.3, -0.25) is 0 Å². The molecule has 3 rings (SSSR count). The van der Waals surface area contributed by atoms with Crippen LogP contribution < -0.4 is 5.43 Å². The number of nitrogens with zero attached hydrogens (tertiary/aromatic N) is 2. The second-order valence-corrected chi connectivity index (χ2v) is 5.89. The van der Waals surface area contributed by atoms with Crippen LogP contribution in [0.4, 0.5) is 0 Å². The number of para-hydroxylation sites is 1. The molecule has 4 heteroatoms. The van der Waals surface area contributed by atoms with Crippen LogP contribution >= 0.6 is 0 Å². The predicted octanol–water partition coefficient (Wildman–Crippen LogP) is 2.01. The molecule has 0 bridgehead atoms. The fraction of sp³-hybridized carbons (Fsp3) is 0.143. The van der Waals surface area contributed by atoms with E-state index < -0.39 is 0 Å². The van der Waals surface area contributed by atoms with E-state index in [9.17, 15) is 4.79 Å². The summed E-state index contributed by atoms with van der Waals surface area (Å²) in [5.74, 6) is 0. The molecule has 3 aromatic rings. The van der Waals surface area contributed by atoms with Gasteiger partial charge < -0.3 is 0 Å². The summed E-state index contributed by atoms with van der Waals surface area (Å²) in [4.78, 5) is 14.0. The van der Waals surface area contributed by atoms with Gasteiger partial charge in [0.15, 0.2) is 0 Å². The average molecular weight is 303 g/mol. The molecule has 0 unspecified atom stereocenters. The Morgan fingerprint density at radius 3 is 2.72 bits per heavy atom. The Morgan fingerprint density at radius 2 is 2.00 bits per heavy atom. The molecule has 0 fully saturated rings. The Kier molecular flexibility index (Phi) is 2.90. The first-order valence-corrected chi connectivity index (χ1v) is 7.70. The standard InChI is InChI=1S/C14H12N2OSe/c1-2-11-13-12(17)8-9-18-14(13)16(15-11)10-6-4-3-5-7-10/h3-9H,2H2,1H3. The molecule has 0 radical (unpaired) electrons. The van der Waals surface area contributed by atoms with E-state index in [-0.39, 0.29) is 19.9 Å². The molecule has 2 heterocycles. The van der Waals surface area contributed by atoms with E-state index in [4.69, 9.17) is 0 Å². The summed E-state index contributed by atoms with van der Waals surface area (Å²) in [6, 6.07) is 11.7. The van der Waals surface area contributed by atoms with E-state index in [1.807, 2.05) is 46.9 Å². The third-order valence-electron chi connectivity index (χ3n) is 2.90. The maximum atomic E-state index is 12.0. The first-order valence-electron chi connectivity index (χ1n) is 5.86. The van der Waals surface area contributed by atoms with Gasteiger partial charge in [-0.05, 0) is 0 Å². The Morgan fingerprint density at radius 1 is 1.22 bits per heavy atom. The molecule has 0 saturated heterocycles. The van der Waals surface area contributed by atoms with Crippen molar-refractivity contribution in [1.29, 1.82) is 0 Å². The van der Waals surface area contributed by atoms with Crippen LogP contribution in [0.3, 0.4) is 0 Å². The summed E-state index contributed by atoms with van der Waals surface area (Å²) in [7, 11) is 0. The van der Waals surface area contributed by atoms with Gasteiger partial charge in [-0.1, -0.05) is 0 Å². The van der Waals surface area contributed by atoms with E-state index in [1.165, 1.54) is 0 Å². The van der Waals surface area contributed by atoms with Crippen LogP contribution in [0, 0.1) is 0 Å². The summed E-state index contributed by atoms with van der Waals surface area (Å²) in [6.07, 6.45) is 0.790. The molecule has 0 aliphatic heterocycles. The second-order valence-electron chi connectivity index (χ2n) is 4.01. The van der Waals surface area contributed by atoms with Gasteiger partial charge in [0.2, 0.25) is 0 Å². The fourth-order valence-corrected chi connectivity index (χ4v) is 3.93. The third kappa shape index (κ3) is 1.74. The zero-order chi connectivity index (χ0) is 12.5. The number of fused-ring (bicyclic) bond motifs is 1. The number of rotatable bonds is 2. The molecule has 90 valence electrons. The van der Waals surface area contributed by atoms with E-state index >= 15 is 0 Å². The van der Waals surface area contributed by atoms with Crippen LogP contribution in [-0.4, -0.2) is 24.3 Å². The van der Waals surface area contributed by atoms with E-state index in [0.29, 0.717) is 0 Å². The van der Waals surface area contributed by atoms with Gasteiger partial charge in [0.25, 0.3) is 0 Å². The normalized spacial score (nSPS) is 10.9. The molecule has 3 nitrogen and oxygen atoms in total. The third-order valence-corrected chi connectivity index (χ3v) is 4.73. The molecule has 0 spiro atoms. The molecular formula is C14H12N2OSe. The number of aromatic nitrogens is 2. The average Bonchev–Trinajstić information content (AvgIpc) is 2.80. The van der Waals surface area contributed by atoms with Crippen LogP contribution in [0.1, 0.15) is 12.6 Å². The van der Waals surface area contributed by atoms with Crippen molar-refractivity contribution in [3.05, 3.63) is 57.3 Å². The molecule has 0 aliphatic carbocycles. The molecule has 0 amide bonds. The number of aryl methyl sites for hydroxylation is 1. The monoisotopic (exact) mass is 304 g/mol.